The minimum absolute atomic E-state index is 0.0891. The maximum atomic E-state index is 12.2. The molecule has 0 heterocycles. The van der Waals surface area contributed by atoms with Gasteiger partial charge in [0.15, 0.2) is 0 Å². The average molecular weight is 340 g/mol. The first-order chi connectivity index (χ1) is 11.1. The summed E-state index contributed by atoms with van der Waals surface area (Å²) in [5.74, 6) is -1.13. The Kier molecular flexibility index (Phi) is 9.38. The van der Waals surface area contributed by atoms with Crippen molar-refractivity contribution in [1.82, 2.24) is 0 Å². The van der Waals surface area contributed by atoms with Crippen LogP contribution in [-0.4, -0.2) is 47.6 Å². The van der Waals surface area contributed by atoms with E-state index in [0.29, 0.717) is 18.6 Å². The number of nitrogens with two attached hydrogens (primary N) is 3. The molecule has 24 heavy (non-hydrogen) atoms. The molecule has 0 aliphatic rings. The quantitative estimate of drug-likeness (QED) is 0.287. The van der Waals surface area contributed by atoms with E-state index >= 15 is 0 Å². The number of aliphatic hydroxyl groups excluding tert-OH is 1. The Morgan fingerprint density at radius 3 is 2.25 bits per heavy atom. The average Bonchev–Trinajstić information content (AvgIpc) is 2.52. The summed E-state index contributed by atoms with van der Waals surface area (Å²) in [5.41, 5.74) is 17.3. The van der Waals surface area contributed by atoms with Gasteiger partial charge in [-0.05, 0) is 26.7 Å². The second-order valence-corrected chi connectivity index (χ2v) is 6.26. The van der Waals surface area contributed by atoms with E-state index in [2.05, 4.69) is 9.98 Å². The van der Waals surface area contributed by atoms with Gasteiger partial charge >= 0.3 is 0 Å². The van der Waals surface area contributed by atoms with Gasteiger partial charge in [-0.2, -0.15) is 0 Å². The lowest BCUT2D eigenvalue weighted by atomic mass is 9.77. The SMILES string of the molecule is CCC(N)C(CC)(CO)CN=C(N)C(CC(C)=N)C(=O)N=C(C)N. The highest BCUT2D eigenvalue weighted by Gasteiger charge is 2.34. The zero-order chi connectivity index (χ0) is 18.9. The topological polar surface area (TPSA) is 164 Å². The Hall–Kier alpha value is -1.80. The summed E-state index contributed by atoms with van der Waals surface area (Å²) in [6.45, 7) is 7.08. The number of hydrogen-bond donors (Lipinski definition) is 5. The van der Waals surface area contributed by atoms with Crippen LogP contribution in [0.25, 0.3) is 0 Å². The molecule has 0 saturated carbocycles. The molecule has 0 radical (unpaired) electrons. The highest BCUT2D eigenvalue weighted by molar-refractivity contribution is 6.08. The van der Waals surface area contributed by atoms with Crippen molar-refractivity contribution in [3.05, 3.63) is 0 Å². The summed E-state index contributed by atoms with van der Waals surface area (Å²) in [4.78, 5) is 20.2. The maximum Gasteiger partial charge on any atom is 0.258 e. The molecule has 8 nitrogen and oxygen atoms in total. The summed E-state index contributed by atoms with van der Waals surface area (Å²) in [6, 6.07) is -0.230. The van der Waals surface area contributed by atoms with Crippen molar-refractivity contribution < 1.29 is 9.90 Å². The van der Waals surface area contributed by atoms with Crippen molar-refractivity contribution in [3.63, 3.8) is 0 Å². The zero-order valence-electron chi connectivity index (χ0n) is 15.2. The first-order valence-electron chi connectivity index (χ1n) is 8.18. The second kappa shape index (κ2) is 10.1. The highest BCUT2D eigenvalue weighted by atomic mass is 16.3. The molecule has 0 aliphatic carbocycles. The molecule has 1 amide bonds. The monoisotopic (exact) mass is 340 g/mol. The Labute approximate surface area is 144 Å². The Morgan fingerprint density at radius 1 is 1.29 bits per heavy atom. The number of nitrogens with one attached hydrogen (secondary N) is 1. The van der Waals surface area contributed by atoms with Crippen LogP contribution in [0.5, 0.6) is 0 Å². The van der Waals surface area contributed by atoms with Gasteiger partial charge < -0.3 is 27.7 Å². The summed E-state index contributed by atoms with van der Waals surface area (Å²) in [6.07, 6.45) is 1.46. The molecule has 0 aromatic carbocycles. The number of carbonyl (C=O) groups is 1. The molecule has 138 valence electrons. The number of aliphatic hydroxyl groups is 1. The van der Waals surface area contributed by atoms with Crippen molar-refractivity contribution in [1.29, 1.82) is 5.41 Å². The smallest absolute Gasteiger partial charge is 0.258 e. The fourth-order valence-electron chi connectivity index (χ4n) is 2.44. The molecule has 0 bridgehead atoms. The van der Waals surface area contributed by atoms with Gasteiger partial charge in [-0.15, -0.1) is 0 Å². The van der Waals surface area contributed by atoms with E-state index in [1.54, 1.807) is 6.92 Å². The fourth-order valence-corrected chi connectivity index (χ4v) is 2.44. The number of aliphatic imine (C=N–C) groups is 2. The summed E-state index contributed by atoms with van der Waals surface area (Å²) in [7, 11) is 0. The third-order valence-electron chi connectivity index (χ3n) is 4.27. The van der Waals surface area contributed by atoms with Crippen LogP contribution in [0.2, 0.25) is 0 Å². The van der Waals surface area contributed by atoms with Gasteiger partial charge in [0, 0.05) is 23.6 Å². The van der Waals surface area contributed by atoms with Crippen molar-refractivity contribution in [3.8, 4) is 0 Å². The molecule has 8 heteroatoms. The molecule has 0 aromatic rings. The molecule has 0 fully saturated rings. The van der Waals surface area contributed by atoms with E-state index in [-0.39, 0.29) is 37.3 Å². The molecule has 0 spiro atoms. The van der Waals surface area contributed by atoms with Gasteiger partial charge in [0.25, 0.3) is 5.91 Å². The Balaban J connectivity index is 5.50. The molecule has 8 N–H and O–H groups in total. The van der Waals surface area contributed by atoms with Gasteiger partial charge in [-0.1, -0.05) is 13.8 Å². The summed E-state index contributed by atoms with van der Waals surface area (Å²) in [5, 5.41) is 17.4. The number of rotatable bonds is 10. The zero-order valence-corrected chi connectivity index (χ0v) is 15.2. The van der Waals surface area contributed by atoms with Crippen molar-refractivity contribution in [2.45, 2.75) is 53.0 Å². The lowest BCUT2D eigenvalue weighted by Crippen LogP contribution is -2.46. The first kappa shape index (κ1) is 22.2. The molecular weight excluding hydrogens is 308 g/mol. The second-order valence-electron chi connectivity index (χ2n) is 6.26. The van der Waals surface area contributed by atoms with Crippen LogP contribution in [-0.2, 0) is 4.79 Å². The molecule has 0 aliphatic heterocycles. The molecule has 3 unspecified atom stereocenters. The van der Waals surface area contributed by atoms with E-state index in [0.717, 1.165) is 0 Å². The largest absolute Gasteiger partial charge is 0.396 e. The minimum atomic E-state index is -0.827. The molecule has 0 saturated heterocycles. The lowest BCUT2D eigenvalue weighted by molar-refractivity contribution is -0.119. The number of hydrogen-bond acceptors (Lipinski definition) is 5. The summed E-state index contributed by atoms with van der Waals surface area (Å²) >= 11 is 0. The first-order valence-corrected chi connectivity index (χ1v) is 8.18. The third kappa shape index (κ3) is 6.37. The van der Waals surface area contributed by atoms with Crippen LogP contribution in [0.4, 0.5) is 0 Å². The number of amidine groups is 2. The van der Waals surface area contributed by atoms with Gasteiger partial charge in [-0.3, -0.25) is 9.79 Å². The van der Waals surface area contributed by atoms with E-state index in [9.17, 15) is 9.90 Å². The van der Waals surface area contributed by atoms with Crippen molar-refractivity contribution in [2.24, 2.45) is 38.5 Å². The molecule has 3 atom stereocenters. The summed E-state index contributed by atoms with van der Waals surface area (Å²) < 4.78 is 0. The van der Waals surface area contributed by atoms with E-state index in [1.807, 2.05) is 13.8 Å². The fraction of sp³-hybridized carbons (Fsp3) is 0.750. The molecule has 0 rings (SSSR count). The maximum absolute atomic E-state index is 12.2. The highest BCUT2D eigenvalue weighted by Crippen LogP contribution is 2.27. The van der Waals surface area contributed by atoms with Gasteiger partial charge in [-0.25, -0.2) is 4.99 Å². The predicted molar refractivity (Wildman–Crippen MR) is 98.4 cm³/mol. The Morgan fingerprint density at radius 2 is 1.88 bits per heavy atom. The van der Waals surface area contributed by atoms with Gasteiger partial charge in [0.1, 0.15) is 11.8 Å². The predicted octanol–water partition coefficient (Wildman–Crippen LogP) is 0.419. The number of nitrogens with zero attached hydrogens (tertiary/aromatic N) is 2. The third-order valence-corrected chi connectivity index (χ3v) is 4.27. The van der Waals surface area contributed by atoms with Crippen molar-refractivity contribution in [2.75, 3.05) is 13.2 Å². The number of amides is 1. The lowest BCUT2D eigenvalue weighted by Gasteiger charge is -2.35. The van der Waals surface area contributed by atoms with Crippen LogP contribution in [0.15, 0.2) is 9.98 Å². The minimum Gasteiger partial charge on any atom is -0.396 e. The van der Waals surface area contributed by atoms with Crippen LogP contribution >= 0.6 is 0 Å². The Bertz CT molecular complexity index is 493. The van der Waals surface area contributed by atoms with Crippen molar-refractivity contribution >= 4 is 23.3 Å². The normalized spacial score (nSPS) is 17.9. The van der Waals surface area contributed by atoms with E-state index in [4.69, 9.17) is 22.6 Å². The van der Waals surface area contributed by atoms with Crippen LogP contribution in [0, 0.1) is 16.7 Å². The van der Waals surface area contributed by atoms with E-state index < -0.39 is 17.2 Å². The molecular formula is C16H32N6O2. The van der Waals surface area contributed by atoms with Crippen LogP contribution < -0.4 is 17.2 Å². The van der Waals surface area contributed by atoms with E-state index in [1.165, 1.54) is 6.92 Å². The standard InChI is InChI=1S/C16H32N6O2/c1-5-13(19)16(6-2,9-23)8-21-14(20)12(7-10(3)17)15(24)22-11(4)18/h12-13,17,23H,5-9,19H2,1-4H3,(H2,20,21)(H2,18,22,24). The van der Waals surface area contributed by atoms with Gasteiger partial charge in [0.2, 0.25) is 0 Å². The van der Waals surface area contributed by atoms with Crippen LogP contribution in [0.1, 0.15) is 47.0 Å². The molecule has 0 aromatic heterocycles. The van der Waals surface area contributed by atoms with Crippen LogP contribution in [0.3, 0.4) is 0 Å². The van der Waals surface area contributed by atoms with Gasteiger partial charge in [0.05, 0.1) is 19.0 Å². The number of carbonyl (C=O) groups excluding carboxylic acids is 1.